The zero-order valence-corrected chi connectivity index (χ0v) is 25.3. The number of fused-ring (bicyclic) bond motifs is 6. The predicted octanol–water partition coefficient (Wildman–Crippen LogP) is 12.3. The lowest BCUT2D eigenvalue weighted by Crippen LogP contribution is -2.10. The SMILES string of the molecule is c1ccc(N(c2ccc(-c3ccccc3-n3c4ccccc4c4ccccc43)cc2)c2cccc3sc4ccccc4c23)cc1. The minimum Gasteiger partial charge on any atom is -0.310 e. The van der Waals surface area contributed by atoms with Crippen molar-refractivity contribution in [2.24, 2.45) is 0 Å². The Balaban J connectivity index is 1.21. The summed E-state index contributed by atoms with van der Waals surface area (Å²) in [5, 5.41) is 5.13. The normalized spacial score (nSPS) is 11.6. The summed E-state index contributed by atoms with van der Waals surface area (Å²) in [6, 6.07) is 61.3. The number of para-hydroxylation sites is 4. The average Bonchev–Trinajstić information content (AvgIpc) is 3.66. The molecule has 45 heavy (non-hydrogen) atoms. The fraction of sp³-hybridized carbons (Fsp3) is 0. The van der Waals surface area contributed by atoms with Crippen LogP contribution in [0.5, 0.6) is 0 Å². The lowest BCUT2D eigenvalue weighted by atomic mass is 10.0. The summed E-state index contributed by atoms with van der Waals surface area (Å²) in [5.41, 5.74) is 9.45. The average molecular weight is 593 g/mol. The quantitative estimate of drug-likeness (QED) is 0.193. The van der Waals surface area contributed by atoms with E-state index in [1.54, 1.807) is 0 Å². The smallest absolute Gasteiger partial charge is 0.0554 e. The predicted molar refractivity (Wildman–Crippen MR) is 194 cm³/mol. The molecule has 2 aromatic heterocycles. The zero-order chi connectivity index (χ0) is 29.7. The molecule has 0 fully saturated rings. The van der Waals surface area contributed by atoms with Gasteiger partial charge in [0.1, 0.15) is 0 Å². The van der Waals surface area contributed by atoms with Crippen molar-refractivity contribution in [3.05, 3.63) is 170 Å². The molecular formula is C42H28N2S. The van der Waals surface area contributed by atoms with Gasteiger partial charge in [-0.2, -0.15) is 0 Å². The number of rotatable bonds is 5. The fourth-order valence-corrected chi connectivity index (χ4v) is 7.96. The first kappa shape index (κ1) is 25.8. The Morgan fingerprint density at radius 2 is 1.00 bits per heavy atom. The van der Waals surface area contributed by atoms with Crippen molar-refractivity contribution < 1.29 is 0 Å². The van der Waals surface area contributed by atoms with Crippen LogP contribution in [-0.2, 0) is 0 Å². The Bertz CT molecular complexity index is 2430. The maximum Gasteiger partial charge on any atom is 0.0554 e. The minimum absolute atomic E-state index is 1.13. The number of hydrogen-bond acceptors (Lipinski definition) is 2. The van der Waals surface area contributed by atoms with E-state index in [2.05, 4.69) is 179 Å². The summed E-state index contributed by atoms with van der Waals surface area (Å²) in [6.07, 6.45) is 0. The Labute approximate surface area is 265 Å². The van der Waals surface area contributed by atoms with Crippen molar-refractivity contribution in [1.29, 1.82) is 0 Å². The van der Waals surface area contributed by atoms with Gasteiger partial charge in [-0.25, -0.2) is 0 Å². The van der Waals surface area contributed by atoms with Crippen molar-refractivity contribution >= 4 is 70.4 Å². The van der Waals surface area contributed by atoms with Gasteiger partial charge in [0.05, 0.1) is 22.4 Å². The second-order valence-corrected chi connectivity index (χ2v) is 12.4. The molecule has 7 aromatic carbocycles. The Kier molecular flexibility index (Phi) is 6.03. The van der Waals surface area contributed by atoms with Crippen LogP contribution >= 0.6 is 11.3 Å². The van der Waals surface area contributed by atoms with Gasteiger partial charge in [-0.15, -0.1) is 11.3 Å². The first-order chi connectivity index (χ1) is 22.3. The lowest BCUT2D eigenvalue weighted by molar-refractivity contribution is 1.18. The van der Waals surface area contributed by atoms with Crippen molar-refractivity contribution in [2.75, 3.05) is 4.90 Å². The van der Waals surface area contributed by atoms with Gasteiger partial charge in [0, 0.05) is 47.9 Å². The molecule has 0 N–H and O–H groups in total. The van der Waals surface area contributed by atoms with E-state index in [4.69, 9.17) is 0 Å². The Morgan fingerprint density at radius 1 is 0.422 bits per heavy atom. The standard InChI is InChI=1S/C42H28N2S/c1-2-13-30(14-3-1)43(39-22-12-24-41-42(39)35-18-7-11-23-40(35)45-41)31-27-25-29(26-28-31)32-15-4-8-19-36(32)44-37-20-9-5-16-33(37)34-17-6-10-21-38(34)44/h1-28H. The first-order valence-electron chi connectivity index (χ1n) is 15.3. The molecule has 212 valence electrons. The van der Waals surface area contributed by atoms with Gasteiger partial charge in [0.2, 0.25) is 0 Å². The number of benzene rings is 7. The molecule has 2 heterocycles. The monoisotopic (exact) mass is 592 g/mol. The fourth-order valence-electron chi connectivity index (χ4n) is 6.83. The number of anilines is 3. The van der Waals surface area contributed by atoms with E-state index >= 15 is 0 Å². The highest BCUT2D eigenvalue weighted by molar-refractivity contribution is 7.26. The first-order valence-corrected chi connectivity index (χ1v) is 16.1. The number of nitrogens with zero attached hydrogens (tertiary/aromatic N) is 2. The topological polar surface area (TPSA) is 8.17 Å². The van der Waals surface area contributed by atoms with Crippen LogP contribution in [0.2, 0.25) is 0 Å². The van der Waals surface area contributed by atoms with Crippen LogP contribution in [0.4, 0.5) is 17.1 Å². The third-order valence-corrected chi connectivity index (χ3v) is 9.93. The summed E-state index contributed by atoms with van der Waals surface area (Å²) >= 11 is 1.86. The third kappa shape index (κ3) is 4.16. The van der Waals surface area contributed by atoms with Crippen molar-refractivity contribution in [2.45, 2.75) is 0 Å². The van der Waals surface area contributed by atoms with E-state index in [-0.39, 0.29) is 0 Å². The van der Waals surface area contributed by atoms with Crippen LogP contribution in [-0.4, -0.2) is 4.57 Å². The van der Waals surface area contributed by atoms with Gasteiger partial charge in [0.15, 0.2) is 0 Å². The molecule has 0 saturated carbocycles. The number of thiophene rings is 1. The molecule has 0 aliphatic heterocycles. The zero-order valence-electron chi connectivity index (χ0n) is 24.5. The van der Waals surface area contributed by atoms with Crippen molar-refractivity contribution in [3.8, 4) is 16.8 Å². The van der Waals surface area contributed by atoms with E-state index in [1.807, 2.05) is 11.3 Å². The number of aromatic nitrogens is 1. The van der Waals surface area contributed by atoms with Crippen molar-refractivity contribution in [1.82, 2.24) is 4.57 Å². The molecule has 0 aliphatic carbocycles. The van der Waals surface area contributed by atoms with Gasteiger partial charge in [-0.05, 0) is 66.2 Å². The highest BCUT2D eigenvalue weighted by atomic mass is 32.1. The molecule has 0 bridgehead atoms. The summed E-state index contributed by atoms with van der Waals surface area (Å²) in [5.74, 6) is 0. The van der Waals surface area contributed by atoms with Crippen molar-refractivity contribution in [3.63, 3.8) is 0 Å². The molecule has 0 unspecified atom stereocenters. The van der Waals surface area contributed by atoms with E-state index in [0.29, 0.717) is 0 Å². The second kappa shape index (κ2) is 10.5. The molecule has 0 amide bonds. The van der Waals surface area contributed by atoms with Gasteiger partial charge >= 0.3 is 0 Å². The Morgan fingerprint density at radius 3 is 1.76 bits per heavy atom. The maximum absolute atomic E-state index is 2.41. The van der Waals surface area contributed by atoms with E-state index < -0.39 is 0 Å². The largest absolute Gasteiger partial charge is 0.310 e. The molecule has 9 aromatic rings. The van der Waals surface area contributed by atoms with E-state index in [0.717, 1.165) is 11.4 Å². The molecule has 0 saturated heterocycles. The van der Waals surface area contributed by atoms with Crippen LogP contribution in [0.25, 0.3) is 58.8 Å². The second-order valence-electron chi connectivity index (χ2n) is 11.4. The Hall–Kier alpha value is -5.64. The highest BCUT2D eigenvalue weighted by Crippen LogP contribution is 2.45. The maximum atomic E-state index is 2.41. The minimum atomic E-state index is 1.13. The van der Waals surface area contributed by atoms with Gasteiger partial charge in [-0.3, -0.25) is 0 Å². The molecular weight excluding hydrogens is 565 g/mol. The van der Waals surface area contributed by atoms with Gasteiger partial charge < -0.3 is 9.47 Å². The van der Waals surface area contributed by atoms with Crippen LogP contribution in [0, 0.1) is 0 Å². The summed E-state index contributed by atoms with van der Waals surface area (Å²) in [6.45, 7) is 0. The number of hydrogen-bond donors (Lipinski definition) is 0. The molecule has 0 radical (unpaired) electrons. The molecule has 2 nitrogen and oxygen atoms in total. The van der Waals surface area contributed by atoms with Crippen LogP contribution < -0.4 is 4.90 Å². The lowest BCUT2D eigenvalue weighted by Gasteiger charge is -2.26. The third-order valence-electron chi connectivity index (χ3n) is 8.80. The molecule has 0 spiro atoms. The summed E-state index contributed by atoms with van der Waals surface area (Å²) in [7, 11) is 0. The molecule has 0 aliphatic rings. The molecule has 9 rings (SSSR count). The molecule has 0 atom stereocenters. The van der Waals surface area contributed by atoms with Crippen LogP contribution in [0.15, 0.2) is 170 Å². The van der Waals surface area contributed by atoms with Crippen LogP contribution in [0.1, 0.15) is 0 Å². The van der Waals surface area contributed by atoms with Gasteiger partial charge in [-0.1, -0.05) is 109 Å². The molecule has 3 heteroatoms. The van der Waals surface area contributed by atoms with Crippen LogP contribution in [0.3, 0.4) is 0 Å². The summed E-state index contributed by atoms with van der Waals surface area (Å²) < 4.78 is 5.02. The van der Waals surface area contributed by atoms with E-state index in [9.17, 15) is 0 Å². The van der Waals surface area contributed by atoms with Gasteiger partial charge in [0.25, 0.3) is 0 Å². The van der Waals surface area contributed by atoms with E-state index in [1.165, 1.54) is 64.5 Å². The summed E-state index contributed by atoms with van der Waals surface area (Å²) in [4.78, 5) is 2.39. The highest BCUT2D eigenvalue weighted by Gasteiger charge is 2.19.